The van der Waals surface area contributed by atoms with Crippen LogP contribution in [-0.2, 0) is 13.1 Å². The van der Waals surface area contributed by atoms with E-state index in [1.54, 1.807) is 19.2 Å². The standard InChI is InChI=1S/C20H24FN3OS/c1-25-19-8-7-18(21)13-17(19)15-23-9-11-24(12-10-23)20(26)22-14-16-5-3-2-4-6-16/h2-8,13H,9-12,14-15H2,1H3,(H,22,26)/p+1. The van der Waals surface area contributed by atoms with Crippen LogP contribution in [-0.4, -0.2) is 43.3 Å². The lowest BCUT2D eigenvalue weighted by atomic mass is 10.1. The van der Waals surface area contributed by atoms with Gasteiger partial charge in [-0.3, -0.25) is 0 Å². The third-order valence-electron chi connectivity index (χ3n) is 4.73. The van der Waals surface area contributed by atoms with Crippen molar-refractivity contribution in [1.82, 2.24) is 10.2 Å². The van der Waals surface area contributed by atoms with Crippen LogP contribution >= 0.6 is 12.2 Å². The third-order valence-corrected chi connectivity index (χ3v) is 5.13. The van der Waals surface area contributed by atoms with Crippen molar-refractivity contribution < 1.29 is 14.0 Å². The Morgan fingerprint density at radius 2 is 1.92 bits per heavy atom. The highest BCUT2D eigenvalue weighted by atomic mass is 32.1. The monoisotopic (exact) mass is 374 g/mol. The molecule has 1 heterocycles. The molecule has 6 heteroatoms. The molecule has 0 amide bonds. The molecule has 0 radical (unpaired) electrons. The molecule has 4 nitrogen and oxygen atoms in total. The second kappa shape index (κ2) is 8.96. The number of nitrogens with zero attached hydrogens (tertiary/aromatic N) is 1. The van der Waals surface area contributed by atoms with Gasteiger partial charge >= 0.3 is 0 Å². The summed E-state index contributed by atoms with van der Waals surface area (Å²) >= 11 is 5.53. The number of quaternary nitrogens is 1. The highest BCUT2D eigenvalue weighted by Crippen LogP contribution is 2.18. The molecule has 2 N–H and O–H groups in total. The van der Waals surface area contributed by atoms with E-state index in [9.17, 15) is 4.39 Å². The van der Waals surface area contributed by atoms with Crippen LogP contribution in [0.2, 0.25) is 0 Å². The topological polar surface area (TPSA) is 28.9 Å². The second-order valence-corrected chi connectivity index (χ2v) is 6.90. The summed E-state index contributed by atoms with van der Waals surface area (Å²) < 4.78 is 18.9. The number of methoxy groups -OCH3 is 1. The van der Waals surface area contributed by atoms with Gasteiger partial charge in [0.1, 0.15) is 18.1 Å². The van der Waals surface area contributed by atoms with Crippen LogP contribution in [0, 0.1) is 5.82 Å². The predicted molar refractivity (Wildman–Crippen MR) is 105 cm³/mol. The van der Waals surface area contributed by atoms with Crippen LogP contribution in [0.4, 0.5) is 4.39 Å². The first-order valence-corrected chi connectivity index (χ1v) is 9.29. The van der Waals surface area contributed by atoms with Gasteiger partial charge in [0.15, 0.2) is 5.11 Å². The Kier molecular flexibility index (Phi) is 6.41. The van der Waals surface area contributed by atoms with Gasteiger partial charge in [0, 0.05) is 6.54 Å². The van der Waals surface area contributed by atoms with Gasteiger partial charge in [0.2, 0.25) is 0 Å². The molecule has 0 atom stereocenters. The molecule has 0 unspecified atom stereocenters. The molecule has 1 saturated heterocycles. The fourth-order valence-corrected chi connectivity index (χ4v) is 3.50. The predicted octanol–water partition coefficient (Wildman–Crippen LogP) is 1.61. The highest BCUT2D eigenvalue weighted by Gasteiger charge is 2.23. The van der Waals surface area contributed by atoms with Crippen LogP contribution in [0.15, 0.2) is 48.5 Å². The molecule has 2 aromatic carbocycles. The summed E-state index contributed by atoms with van der Waals surface area (Å²) in [6, 6.07) is 15.0. The Morgan fingerprint density at radius 1 is 1.19 bits per heavy atom. The molecule has 0 bridgehead atoms. The van der Waals surface area contributed by atoms with Crippen molar-refractivity contribution in [2.24, 2.45) is 0 Å². The molecule has 1 fully saturated rings. The van der Waals surface area contributed by atoms with Crippen LogP contribution in [0.1, 0.15) is 11.1 Å². The number of piperazine rings is 1. The van der Waals surface area contributed by atoms with Crippen LogP contribution < -0.4 is 15.0 Å². The van der Waals surface area contributed by atoms with Crippen LogP contribution in [0.25, 0.3) is 0 Å². The molecule has 2 aromatic rings. The summed E-state index contributed by atoms with van der Waals surface area (Å²) in [6.45, 7) is 5.23. The summed E-state index contributed by atoms with van der Waals surface area (Å²) in [5.41, 5.74) is 2.14. The summed E-state index contributed by atoms with van der Waals surface area (Å²) in [5.74, 6) is 0.534. The molecule has 3 rings (SSSR count). The largest absolute Gasteiger partial charge is 0.496 e. The molecule has 0 aromatic heterocycles. The lowest BCUT2D eigenvalue weighted by Gasteiger charge is -2.34. The van der Waals surface area contributed by atoms with Gasteiger partial charge in [0.05, 0.1) is 38.9 Å². The van der Waals surface area contributed by atoms with E-state index < -0.39 is 0 Å². The molecule has 26 heavy (non-hydrogen) atoms. The average Bonchev–Trinajstić information content (AvgIpc) is 2.68. The van der Waals surface area contributed by atoms with Gasteiger partial charge in [-0.15, -0.1) is 0 Å². The Balaban J connectivity index is 1.48. The zero-order valence-corrected chi connectivity index (χ0v) is 15.8. The fraction of sp³-hybridized carbons (Fsp3) is 0.350. The molecular weight excluding hydrogens is 349 g/mol. The van der Waals surface area contributed by atoms with Gasteiger partial charge in [0.25, 0.3) is 0 Å². The first kappa shape index (κ1) is 18.6. The van der Waals surface area contributed by atoms with Crippen molar-refractivity contribution in [1.29, 1.82) is 0 Å². The van der Waals surface area contributed by atoms with Gasteiger partial charge in [-0.05, 0) is 36.0 Å². The number of hydrogen-bond acceptors (Lipinski definition) is 2. The van der Waals surface area contributed by atoms with Crippen molar-refractivity contribution in [3.63, 3.8) is 0 Å². The number of hydrogen-bond donors (Lipinski definition) is 2. The minimum absolute atomic E-state index is 0.217. The lowest BCUT2D eigenvalue weighted by Crippen LogP contribution is -3.13. The number of rotatable bonds is 5. The molecule has 1 aliphatic heterocycles. The van der Waals surface area contributed by atoms with E-state index in [4.69, 9.17) is 17.0 Å². The van der Waals surface area contributed by atoms with E-state index in [1.807, 2.05) is 18.2 Å². The molecule has 138 valence electrons. The summed E-state index contributed by atoms with van der Waals surface area (Å²) in [4.78, 5) is 3.63. The average molecular weight is 375 g/mol. The van der Waals surface area contributed by atoms with E-state index in [2.05, 4.69) is 22.3 Å². The Hall–Kier alpha value is -2.18. The van der Waals surface area contributed by atoms with E-state index in [0.29, 0.717) is 0 Å². The first-order valence-electron chi connectivity index (χ1n) is 8.88. The van der Waals surface area contributed by atoms with E-state index in [1.165, 1.54) is 16.5 Å². The van der Waals surface area contributed by atoms with Gasteiger partial charge < -0.3 is 19.9 Å². The van der Waals surface area contributed by atoms with E-state index >= 15 is 0 Å². The van der Waals surface area contributed by atoms with Crippen molar-refractivity contribution in [3.8, 4) is 5.75 Å². The van der Waals surface area contributed by atoms with Gasteiger partial charge in [-0.2, -0.15) is 0 Å². The Morgan fingerprint density at radius 3 is 2.62 bits per heavy atom. The van der Waals surface area contributed by atoms with E-state index in [-0.39, 0.29) is 5.82 Å². The maximum Gasteiger partial charge on any atom is 0.169 e. The maximum atomic E-state index is 13.5. The Labute approximate surface area is 159 Å². The normalized spacial score (nSPS) is 14.9. The number of nitrogens with one attached hydrogen (secondary N) is 2. The number of thiocarbonyl (C=S) groups is 1. The van der Waals surface area contributed by atoms with Crippen molar-refractivity contribution in [2.45, 2.75) is 13.1 Å². The summed E-state index contributed by atoms with van der Waals surface area (Å²) in [7, 11) is 1.63. The zero-order valence-electron chi connectivity index (χ0n) is 15.0. The molecule has 0 spiro atoms. The first-order chi connectivity index (χ1) is 12.7. The molecule has 1 aliphatic rings. The highest BCUT2D eigenvalue weighted by molar-refractivity contribution is 7.80. The Bertz CT molecular complexity index is 733. The van der Waals surface area contributed by atoms with Gasteiger partial charge in [-0.25, -0.2) is 4.39 Å². The molecule has 0 aliphatic carbocycles. The van der Waals surface area contributed by atoms with E-state index in [0.717, 1.165) is 55.7 Å². The second-order valence-electron chi connectivity index (χ2n) is 6.51. The van der Waals surface area contributed by atoms with Crippen LogP contribution in [0.5, 0.6) is 5.75 Å². The zero-order chi connectivity index (χ0) is 18.4. The maximum absolute atomic E-state index is 13.5. The quantitative estimate of drug-likeness (QED) is 0.778. The minimum Gasteiger partial charge on any atom is -0.496 e. The SMILES string of the molecule is COc1ccc(F)cc1C[NH+]1CCN(C(=S)NCc2ccccc2)CC1. The van der Waals surface area contributed by atoms with Crippen molar-refractivity contribution >= 4 is 17.3 Å². The van der Waals surface area contributed by atoms with Gasteiger partial charge in [-0.1, -0.05) is 30.3 Å². The number of benzene rings is 2. The third kappa shape index (κ3) is 4.93. The number of ether oxygens (including phenoxy) is 1. The molecular formula is C20H25FN3OS+. The smallest absolute Gasteiger partial charge is 0.169 e. The molecule has 0 saturated carbocycles. The van der Waals surface area contributed by atoms with Crippen LogP contribution in [0.3, 0.4) is 0 Å². The van der Waals surface area contributed by atoms with Crippen molar-refractivity contribution in [3.05, 3.63) is 65.5 Å². The van der Waals surface area contributed by atoms with Crippen molar-refractivity contribution in [2.75, 3.05) is 33.3 Å². The number of halogens is 1. The fourth-order valence-electron chi connectivity index (χ4n) is 3.24. The lowest BCUT2D eigenvalue weighted by molar-refractivity contribution is -0.917. The summed E-state index contributed by atoms with van der Waals surface area (Å²) in [5, 5.41) is 4.14. The minimum atomic E-state index is -0.217. The summed E-state index contributed by atoms with van der Waals surface area (Å²) in [6.07, 6.45) is 0.